The summed E-state index contributed by atoms with van der Waals surface area (Å²) in [4.78, 5) is 28.5. The van der Waals surface area contributed by atoms with Gasteiger partial charge in [0, 0.05) is 17.1 Å². The van der Waals surface area contributed by atoms with Crippen LogP contribution in [0.3, 0.4) is 0 Å². The Kier molecular flexibility index (Phi) is 3.78. The van der Waals surface area contributed by atoms with Crippen LogP contribution in [0.4, 0.5) is 5.69 Å². The second-order valence-corrected chi connectivity index (χ2v) is 5.58. The van der Waals surface area contributed by atoms with Crippen molar-refractivity contribution in [2.24, 2.45) is 0 Å². The van der Waals surface area contributed by atoms with Crippen LogP contribution in [0.1, 0.15) is 16.2 Å². The van der Waals surface area contributed by atoms with E-state index < -0.39 is 4.92 Å². The molecule has 0 spiro atoms. The maximum atomic E-state index is 11.8. The van der Waals surface area contributed by atoms with Crippen molar-refractivity contribution < 1.29 is 9.72 Å². The minimum Gasteiger partial charge on any atom is -0.353 e. The van der Waals surface area contributed by atoms with E-state index >= 15 is 0 Å². The molecule has 6 nitrogen and oxygen atoms in total. The standard InChI is InChI=1S/C10H9N3O3S2/c1-6-4-17-10(12-6)18-5-9(14)8-2-7(3-11-8)13(15)16/h2-4,11H,5H2,1H3. The van der Waals surface area contributed by atoms with Crippen molar-refractivity contribution in [1.82, 2.24) is 9.97 Å². The lowest BCUT2D eigenvalue weighted by Gasteiger charge is -1.95. The molecule has 0 radical (unpaired) electrons. The van der Waals surface area contributed by atoms with Gasteiger partial charge in [-0.15, -0.1) is 11.3 Å². The molecule has 0 aliphatic rings. The highest BCUT2D eigenvalue weighted by atomic mass is 32.2. The molecule has 0 amide bonds. The first-order chi connectivity index (χ1) is 8.56. The Labute approximate surface area is 111 Å². The molecule has 2 aromatic rings. The predicted octanol–water partition coefficient (Wildman–Crippen LogP) is 2.66. The topological polar surface area (TPSA) is 88.9 Å². The fraction of sp³-hybridized carbons (Fsp3) is 0.200. The largest absolute Gasteiger partial charge is 0.353 e. The van der Waals surface area contributed by atoms with E-state index in [9.17, 15) is 14.9 Å². The molecule has 0 unspecified atom stereocenters. The number of carbonyl (C=O) groups excluding carboxylic acids is 1. The highest BCUT2D eigenvalue weighted by Crippen LogP contribution is 2.23. The molecule has 0 aliphatic carbocycles. The highest BCUT2D eigenvalue weighted by Gasteiger charge is 2.15. The van der Waals surface area contributed by atoms with Crippen molar-refractivity contribution in [3.05, 3.63) is 39.1 Å². The number of Topliss-reactive ketones (excluding diaryl/α,β-unsaturated/α-hetero) is 1. The fourth-order valence-corrected chi connectivity index (χ4v) is 2.99. The number of carbonyl (C=O) groups is 1. The summed E-state index contributed by atoms with van der Waals surface area (Å²) in [6, 6.07) is 1.25. The number of aromatic amines is 1. The molecule has 8 heteroatoms. The molecule has 94 valence electrons. The van der Waals surface area contributed by atoms with Gasteiger partial charge < -0.3 is 4.98 Å². The van der Waals surface area contributed by atoms with Crippen molar-refractivity contribution in [1.29, 1.82) is 0 Å². The van der Waals surface area contributed by atoms with E-state index in [-0.39, 0.29) is 22.9 Å². The molecule has 0 aliphatic heterocycles. The molecule has 0 bridgehead atoms. The lowest BCUT2D eigenvalue weighted by atomic mass is 10.3. The van der Waals surface area contributed by atoms with Gasteiger partial charge >= 0.3 is 0 Å². The number of nitrogens with zero attached hydrogens (tertiary/aromatic N) is 2. The van der Waals surface area contributed by atoms with Crippen molar-refractivity contribution in [2.45, 2.75) is 11.3 Å². The van der Waals surface area contributed by atoms with Gasteiger partial charge in [-0.2, -0.15) is 0 Å². The van der Waals surface area contributed by atoms with Crippen LogP contribution in [0.2, 0.25) is 0 Å². The Morgan fingerprint density at radius 3 is 3.00 bits per heavy atom. The predicted molar refractivity (Wildman–Crippen MR) is 69.4 cm³/mol. The maximum absolute atomic E-state index is 11.8. The van der Waals surface area contributed by atoms with Crippen LogP contribution < -0.4 is 0 Å². The molecule has 18 heavy (non-hydrogen) atoms. The van der Waals surface area contributed by atoms with Gasteiger partial charge in [-0.1, -0.05) is 11.8 Å². The number of thioether (sulfide) groups is 1. The van der Waals surface area contributed by atoms with E-state index in [1.807, 2.05) is 12.3 Å². The van der Waals surface area contributed by atoms with Crippen molar-refractivity contribution in [3.8, 4) is 0 Å². The van der Waals surface area contributed by atoms with Crippen molar-refractivity contribution in [3.63, 3.8) is 0 Å². The third-order valence-electron chi connectivity index (χ3n) is 2.10. The summed E-state index contributed by atoms with van der Waals surface area (Å²) in [5, 5.41) is 12.4. The number of rotatable bonds is 5. The maximum Gasteiger partial charge on any atom is 0.287 e. The Bertz CT molecular complexity index is 591. The Morgan fingerprint density at radius 1 is 1.67 bits per heavy atom. The number of H-pyrrole nitrogens is 1. The van der Waals surface area contributed by atoms with Gasteiger partial charge in [0.1, 0.15) is 0 Å². The first-order valence-electron chi connectivity index (χ1n) is 4.97. The lowest BCUT2D eigenvalue weighted by molar-refractivity contribution is -0.384. The van der Waals surface area contributed by atoms with E-state index in [1.54, 1.807) is 0 Å². The molecule has 1 N–H and O–H groups in total. The minimum atomic E-state index is -0.537. The number of ketones is 1. The Morgan fingerprint density at radius 2 is 2.44 bits per heavy atom. The average Bonchev–Trinajstić information content (AvgIpc) is 2.94. The molecular formula is C10H9N3O3S2. The van der Waals surface area contributed by atoms with Crippen LogP contribution in [-0.4, -0.2) is 26.4 Å². The summed E-state index contributed by atoms with van der Waals surface area (Å²) in [5.41, 5.74) is 1.07. The van der Waals surface area contributed by atoms with Crippen molar-refractivity contribution in [2.75, 3.05) is 5.75 Å². The van der Waals surface area contributed by atoms with Gasteiger partial charge in [-0.25, -0.2) is 4.98 Å². The van der Waals surface area contributed by atoms with Gasteiger partial charge in [0.2, 0.25) is 0 Å². The zero-order valence-corrected chi connectivity index (χ0v) is 11.0. The SMILES string of the molecule is Cc1csc(SCC(=O)c2cc([N+](=O)[O-])c[nH]2)n1. The van der Waals surface area contributed by atoms with E-state index in [0.29, 0.717) is 0 Å². The number of aryl methyl sites for hydroxylation is 1. The normalized spacial score (nSPS) is 10.5. The van der Waals surface area contributed by atoms with E-state index in [1.165, 1.54) is 35.4 Å². The van der Waals surface area contributed by atoms with E-state index in [4.69, 9.17) is 0 Å². The molecule has 0 saturated heterocycles. The first kappa shape index (κ1) is 12.8. The van der Waals surface area contributed by atoms with Crippen LogP contribution in [0, 0.1) is 17.0 Å². The third kappa shape index (κ3) is 2.96. The quantitative estimate of drug-likeness (QED) is 0.394. The number of nitro groups is 1. The van der Waals surface area contributed by atoms with Gasteiger partial charge in [0.25, 0.3) is 5.69 Å². The van der Waals surface area contributed by atoms with Crippen LogP contribution in [-0.2, 0) is 0 Å². The first-order valence-corrected chi connectivity index (χ1v) is 6.83. The van der Waals surface area contributed by atoms with Crippen molar-refractivity contribution >= 4 is 34.6 Å². The molecule has 2 aromatic heterocycles. The molecule has 0 saturated carbocycles. The molecule has 2 heterocycles. The smallest absolute Gasteiger partial charge is 0.287 e. The van der Waals surface area contributed by atoms with Gasteiger partial charge in [-0.05, 0) is 6.92 Å². The van der Waals surface area contributed by atoms with Crippen LogP contribution in [0.15, 0.2) is 22.0 Å². The zero-order chi connectivity index (χ0) is 13.1. The number of nitrogens with one attached hydrogen (secondary N) is 1. The zero-order valence-electron chi connectivity index (χ0n) is 9.37. The summed E-state index contributed by atoms with van der Waals surface area (Å²) in [6.07, 6.45) is 1.21. The lowest BCUT2D eigenvalue weighted by Crippen LogP contribution is -2.02. The number of thiazole rings is 1. The monoisotopic (exact) mass is 283 g/mol. The summed E-state index contributed by atoms with van der Waals surface area (Å²) >= 11 is 2.81. The average molecular weight is 283 g/mol. The van der Waals surface area contributed by atoms with Gasteiger partial charge in [0.15, 0.2) is 10.1 Å². The van der Waals surface area contributed by atoms with Gasteiger partial charge in [-0.3, -0.25) is 14.9 Å². The Balaban J connectivity index is 1.97. The van der Waals surface area contributed by atoms with E-state index in [0.717, 1.165) is 10.0 Å². The summed E-state index contributed by atoms with van der Waals surface area (Å²) in [5.74, 6) is 0.0332. The second-order valence-electron chi connectivity index (χ2n) is 3.50. The summed E-state index contributed by atoms with van der Waals surface area (Å²) in [6.45, 7) is 1.89. The molecule has 0 fully saturated rings. The Hall–Kier alpha value is -1.67. The van der Waals surface area contributed by atoms with Gasteiger partial charge in [0.05, 0.1) is 22.6 Å². The summed E-state index contributed by atoms with van der Waals surface area (Å²) < 4.78 is 0.821. The number of aromatic nitrogens is 2. The van der Waals surface area contributed by atoms with Crippen LogP contribution >= 0.6 is 23.1 Å². The molecule has 2 rings (SSSR count). The van der Waals surface area contributed by atoms with Crippen LogP contribution in [0.25, 0.3) is 0 Å². The van der Waals surface area contributed by atoms with Crippen LogP contribution in [0.5, 0.6) is 0 Å². The fourth-order valence-electron chi connectivity index (χ4n) is 1.25. The highest BCUT2D eigenvalue weighted by molar-refractivity contribution is 8.01. The summed E-state index contributed by atoms with van der Waals surface area (Å²) in [7, 11) is 0. The third-order valence-corrected chi connectivity index (χ3v) is 4.24. The van der Waals surface area contributed by atoms with E-state index in [2.05, 4.69) is 9.97 Å². The second kappa shape index (κ2) is 5.32. The number of hydrogen-bond acceptors (Lipinski definition) is 6. The minimum absolute atomic E-state index is 0.103. The molecule has 0 aromatic carbocycles. The molecule has 0 atom stereocenters. The number of hydrogen-bond donors (Lipinski definition) is 1. The molecular weight excluding hydrogens is 274 g/mol.